The van der Waals surface area contributed by atoms with Crippen molar-refractivity contribution in [2.75, 3.05) is 6.61 Å². The zero-order valence-electron chi connectivity index (χ0n) is 7.91. The molecule has 0 atom stereocenters. The van der Waals surface area contributed by atoms with Gasteiger partial charge in [0.05, 0.1) is 5.56 Å². The van der Waals surface area contributed by atoms with Gasteiger partial charge in [0, 0.05) is 19.2 Å². The van der Waals surface area contributed by atoms with E-state index in [0.717, 1.165) is 6.07 Å². The highest BCUT2D eigenvalue weighted by Gasteiger charge is 2.22. The summed E-state index contributed by atoms with van der Waals surface area (Å²) in [4.78, 5) is 14.1. The summed E-state index contributed by atoms with van der Waals surface area (Å²) in [5.74, 6) is -4.26. The molecule has 0 saturated carbocycles. The first-order valence-corrected chi connectivity index (χ1v) is 4.08. The second-order valence-corrected chi connectivity index (χ2v) is 3.05. The van der Waals surface area contributed by atoms with Crippen LogP contribution in [-0.2, 0) is 0 Å². The van der Waals surface area contributed by atoms with Crippen molar-refractivity contribution in [1.29, 1.82) is 0 Å². The van der Waals surface area contributed by atoms with Crippen LogP contribution < -0.4 is 4.74 Å². The molecule has 0 unspecified atom stereocenters. The fourth-order valence-electron chi connectivity index (χ4n) is 0.822. The smallest absolute Gasteiger partial charge is 0.335 e. The molecule has 1 aromatic rings. The lowest BCUT2D eigenvalue weighted by Gasteiger charge is -2.11. The normalized spacial score (nSPS) is 11.1. The molecule has 1 rings (SSSR count). The Bertz CT molecular complexity index is 363. The summed E-state index contributed by atoms with van der Waals surface area (Å²) in [5, 5.41) is 8.61. The Morgan fingerprint density at radius 1 is 1.67 bits per heavy atom. The Balaban J connectivity index is 2.70. The number of hydrogen-bond acceptors (Lipinski definition) is 3. The minimum Gasteiger partial charge on any atom is -0.478 e. The summed E-state index contributed by atoms with van der Waals surface area (Å²) in [6.07, 6.45) is 1.19. The Hall–Kier alpha value is -1.72. The summed E-state index contributed by atoms with van der Waals surface area (Å²) >= 11 is 0. The summed E-state index contributed by atoms with van der Waals surface area (Å²) < 4.78 is 29.4. The van der Waals surface area contributed by atoms with Gasteiger partial charge >= 0.3 is 5.97 Å². The van der Waals surface area contributed by atoms with Gasteiger partial charge in [-0.15, -0.1) is 0 Å². The number of carboxylic acid groups (broad SMARTS) is 1. The molecule has 1 aromatic heterocycles. The van der Waals surface area contributed by atoms with E-state index in [-0.39, 0.29) is 11.4 Å². The number of aromatic nitrogens is 1. The number of pyridine rings is 1. The lowest BCUT2D eigenvalue weighted by molar-refractivity contribution is -0.0242. The third-order valence-corrected chi connectivity index (χ3v) is 1.46. The molecule has 0 aliphatic carbocycles. The molecule has 1 N–H and O–H groups in total. The largest absolute Gasteiger partial charge is 0.478 e. The topological polar surface area (TPSA) is 59.4 Å². The fraction of sp³-hybridized carbons (Fsp3) is 0.333. The second-order valence-electron chi connectivity index (χ2n) is 3.05. The van der Waals surface area contributed by atoms with Crippen LogP contribution in [0.5, 0.6) is 5.88 Å². The van der Waals surface area contributed by atoms with Gasteiger partial charge in [0.1, 0.15) is 0 Å². The summed E-state index contributed by atoms with van der Waals surface area (Å²) in [6, 6.07) is 2.34. The van der Waals surface area contributed by atoms with E-state index in [4.69, 9.17) is 5.11 Å². The third kappa shape index (κ3) is 3.88. The monoisotopic (exact) mass is 217 g/mol. The van der Waals surface area contributed by atoms with Gasteiger partial charge in [0.25, 0.3) is 5.92 Å². The summed E-state index contributed by atoms with van der Waals surface area (Å²) in [7, 11) is 0. The van der Waals surface area contributed by atoms with Crippen LogP contribution in [0.4, 0.5) is 8.78 Å². The fourth-order valence-corrected chi connectivity index (χ4v) is 0.822. The first-order chi connectivity index (χ1) is 6.88. The molecule has 0 saturated heterocycles. The van der Waals surface area contributed by atoms with Crippen molar-refractivity contribution in [1.82, 2.24) is 4.98 Å². The van der Waals surface area contributed by atoms with Gasteiger partial charge in [-0.05, 0) is 6.07 Å². The van der Waals surface area contributed by atoms with Gasteiger partial charge in [-0.2, -0.15) is 0 Å². The van der Waals surface area contributed by atoms with Gasteiger partial charge in [-0.3, -0.25) is 0 Å². The molecule has 0 aliphatic rings. The van der Waals surface area contributed by atoms with Crippen molar-refractivity contribution in [2.24, 2.45) is 0 Å². The number of ether oxygens (including phenoxy) is 1. The Morgan fingerprint density at radius 3 is 2.87 bits per heavy atom. The standard InChI is InChI=1S/C9H9F2NO3/c1-9(10,11)5-15-7-4-6(8(13)14)2-3-12-7/h2-4H,5H2,1H3,(H,13,14). The number of aromatic carboxylic acids is 1. The van der Waals surface area contributed by atoms with Crippen LogP contribution in [0.25, 0.3) is 0 Å². The predicted octanol–water partition coefficient (Wildman–Crippen LogP) is 1.81. The van der Waals surface area contributed by atoms with Gasteiger partial charge in [-0.1, -0.05) is 0 Å². The molecule has 0 spiro atoms. The van der Waals surface area contributed by atoms with Gasteiger partial charge in [0.15, 0.2) is 6.61 Å². The highest BCUT2D eigenvalue weighted by atomic mass is 19.3. The van der Waals surface area contributed by atoms with Gasteiger partial charge < -0.3 is 9.84 Å². The highest BCUT2D eigenvalue weighted by Crippen LogP contribution is 2.15. The van der Waals surface area contributed by atoms with E-state index in [1.54, 1.807) is 0 Å². The number of hydrogen-bond donors (Lipinski definition) is 1. The van der Waals surface area contributed by atoms with E-state index < -0.39 is 18.5 Å². The van der Waals surface area contributed by atoms with Crippen molar-refractivity contribution in [2.45, 2.75) is 12.8 Å². The molecule has 0 fully saturated rings. The van der Waals surface area contributed by atoms with E-state index in [2.05, 4.69) is 9.72 Å². The first kappa shape index (κ1) is 11.4. The van der Waals surface area contributed by atoms with E-state index in [1.165, 1.54) is 12.3 Å². The molecule has 1 heterocycles. The van der Waals surface area contributed by atoms with E-state index in [1.807, 2.05) is 0 Å². The minimum absolute atomic E-state index is 0.0561. The summed E-state index contributed by atoms with van der Waals surface area (Å²) in [5.41, 5.74) is -0.0561. The number of alkyl halides is 2. The van der Waals surface area contributed by atoms with Crippen LogP contribution in [-0.4, -0.2) is 28.6 Å². The van der Waals surface area contributed by atoms with Crippen LogP contribution in [0.15, 0.2) is 18.3 Å². The SMILES string of the molecule is CC(F)(F)COc1cc(C(=O)O)ccn1. The van der Waals surface area contributed by atoms with E-state index in [0.29, 0.717) is 6.92 Å². The zero-order chi connectivity index (χ0) is 11.5. The number of rotatable bonds is 4. The van der Waals surface area contributed by atoms with Crippen molar-refractivity contribution in [3.8, 4) is 5.88 Å². The third-order valence-electron chi connectivity index (χ3n) is 1.46. The molecule has 6 heteroatoms. The maximum absolute atomic E-state index is 12.4. The Morgan fingerprint density at radius 2 is 2.33 bits per heavy atom. The summed E-state index contributed by atoms with van der Waals surface area (Å²) in [6.45, 7) is -0.128. The van der Waals surface area contributed by atoms with Crippen LogP contribution in [0.3, 0.4) is 0 Å². The average Bonchev–Trinajstić information content (AvgIpc) is 2.14. The maximum atomic E-state index is 12.4. The molecular weight excluding hydrogens is 208 g/mol. The number of carboxylic acids is 1. The quantitative estimate of drug-likeness (QED) is 0.835. The van der Waals surface area contributed by atoms with Crippen molar-refractivity contribution >= 4 is 5.97 Å². The second kappa shape index (κ2) is 4.20. The van der Waals surface area contributed by atoms with Crippen molar-refractivity contribution in [3.05, 3.63) is 23.9 Å². The van der Waals surface area contributed by atoms with Gasteiger partial charge in [-0.25, -0.2) is 18.6 Å². The van der Waals surface area contributed by atoms with Crippen molar-refractivity contribution < 1.29 is 23.4 Å². The first-order valence-electron chi connectivity index (χ1n) is 4.08. The van der Waals surface area contributed by atoms with Crippen LogP contribution >= 0.6 is 0 Å². The number of carbonyl (C=O) groups is 1. The Kier molecular flexibility index (Phi) is 3.18. The molecule has 82 valence electrons. The van der Waals surface area contributed by atoms with Crippen LogP contribution in [0.2, 0.25) is 0 Å². The molecule has 0 aromatic carbocycles. The van der Waals surface area contributed by atoms with E-state index >= 15 is 0 Å². The van der Waals surface area contributed by atoms with Gasteiger partial charge in [0.2, 0.25) is 5.88 Å². The molecule has 0 aliphatic heterocycles. The van der Waals surface area contributed by atoms with E-state index in [9.17, 15) is 13.6 Å². The minimum atomic E-state index is -2.97. The molecule has 0 bridgehead atoms. The Labute approximate surface area is 84.5 Å². The molecule has 0 radical (unpaired) electrons. The molecule has 15 heavy (non-hydrogen) atoms. The number of halogens is 2. The van der Waals surface area contributed by atoms with Crippen molar-refractivity contribution in [3.63, 3.8) is 0 Å². The maximum Gasteiger partial charge on any atom is 0.335 e. The zero-order valence-corrected chi connectivity index (χ0v) is 7.91. The predicted molar refractivity (Wildman–Crippen MR) is 47.3 cm³/mol. The lowest BCUT2D eigenvalue weighted by Crippen LogP contribution is -2.21. The highest BCUT2D eigenvalue weighted by molar-refractivity contribution is 5.87. The molecular formula is C9H9F2NO3. The number of nitrogens with zero attached hydrogens (tertiary/aromatic N) is 1. The average molecular weight is 217 g/mol. The van der Waals surface area contributed by atoms with Crippen LogP contribution in [0.1, 0.15) is 17.3 Å². The lowest BCUT2D eigenvalue weighted by atomic mass is 10.3. The van der Waals surface area contributed by atoms with Crippen LogP contribution in [0, 0.1) is 0 Å². The molecule has 4 nitrogen and oxygen atoms in total. The molecule has 0 amide bonds.